The summed E-state index contributed by atoms with van der Waals surface area (Å²) in [6, 6.07) is 4.97. The smallest absolute Gasteiger partial charge is 0.234 e. The Kier molecular flexibility index (Phi) is 6.60. The van der Waals surface area contributed by atoms with E-state index in [0.29, 0.717) is 31.7 Å². The van der Waals surface area contributed by atoms with Gasteiger partial charge in [-0.2, -0.15) is 0 Å². The fourth-order valence-corrected chi connectivity index (χ4v) is 4.04. The van der Waals surface area contributed by atoms with Crippen molar-refractivity contribution in [2.24, 2.45) is 0 Å². The lowest BCUT2D eigenvalue weighted by Crippen LogP contribution is -2.15. The van der Waals surface area contributed by atoms with E-state index in [1.54, 1.807) is 6.26 Å². The van der Waals surface area contributed by atoms with Gasteiger partial charge in [-0.05, 0) is 39.0 Å². The minimum Gasteiger partial charge on any atom is -0.469 e. The number of carbonyl (C=O) groups excluding carboxylic acids is 1. The first kappa shape index (κ1) is 21.0. The molecule has 2 heterocycles. The molecule has 1 N–H and O–H groups in total. The first-order valence-corrected chi connectivity index (χ1v) is 10.5. The van der Waals surface area contributed by atoms with Crippen molar-refractivity contribution < 1.29 is 9.21 Å². The highest BCUT2D eigenvalue weighted by molar-refractivity contribution is 7.99. The van der Waals surface area contributed by atoms with Gasteiger partial charge in [0, 0.05) is 6.04 Å². The average Bonchev–Trinajstić information content (AvgIpc) is 3.23. The van der Waals surface area contributed by atoms with Gasteiger partial charge in [-0.1, -0.05) is 46.6 Å². The molecule has 0 atom stereocenters. The van der Waals surface area contributed by atoms with E-state index in [9.17, 15) is 4.79 Å². The molecule has 0 bridgehead atoms. The Morgan fingerprint density at radius 1 is 1.21 bits per heavy atom. The van der Waals surface area contributed by atoms with Gasteiger partial charge < -0.3 is 9.73 Å². The van der Waals surface area contributed by atoms with Crippen LogP contribution < -0.4 is 5.32 Å². The third kappa shape index (κ3) is 4.49. The van der Waals surface area contributed by atoms with Crippen LogP contribution in [0.5, 0.6) is 0 Å². The zero-order valence-electron chi connectivity index (χ0n) is 15.3. The number of hydrogen-bond acceptors (Lipinski definition) is 5. The van der Waals surface area contributed by atoms with Gasteiger partial charge in [-0.3, -0.25) is 9.36 Å². The molecule has 3 aromatic rings. The normalized spacial score (nSPS) is 11.2. The Bertz CT molecular complexity index is 1020. The van der Waals surface area contributed by atoms with Crippen molar-refractivity contribution in [1.82, 2.24) is 14.8 Å². The van der Waals surface area contributed by atoms with Crippen molar-refractivity contribution in [3.63, 3.8) is 0 Å². The lowest BCUT2D eigenvalue weighted by atomic mass is 10.2. The van der Waals surface area contributed by atoms with E-state index in [0.717, 1.165) is 11.3 Å². The van der Waals surface area contributed by atoms with Crippen LogP contribution >= 0.6 is 46.6 Å². The zero-order chi connectivity index (χ0) is 20.4. The number of thioether (sulfide) groups is 1. The van der Waals surface area contributed by atoms with Gasteiger partial charge in [-0.15, -0.1) is 10.2 Å². The first-order valence-electron chi connectivity index (χ1n) is 8.34. The van der Waals surface area contributed by atoms with Crippen LogP contribution in [0.4, 0.5) is 5.69 Å². The maximum absolute atomic E-state index is 12.4. The van der Waals surface area contributed by atoms with Gasteiger partial charge in [0.05, 0.1) is 38.3 Å². The van der Waals surface area contributed by atoms with E-state index < -0.39 is 0 Å². The van der Waals surface area contributed by atoms with Crippen molar-refractivity contribution in [3.8, 4) is 11.4 Å². The Hall–Kier alpha value is -1.67. The number of carbonyl (C=O) groups is 1. The van der Waals surface area contributed by atoms with Crippen molar-refractivity contribution in [2.45, 2.75) is 32.0 Å². The quantitative estimate of drug-likeness (QED) is 0.355. The molecule has 6 nitrogen and oxygen atoms in total. The fraction of sp³-hybridized carbons (Fsp3) is 0.278. The monoisotopic (exact) mass is 458 g/mol. The van der Waals surface area contributed by atoms with E-state index in [2.05, 4.69) is 15.5 Å². The Labute approximate surface area is 181 Å². The lowest BCUT2D eigenvalue weighted by Gasteiger charge is -2.13. The number of aromatic nitrogens is 3. The molecule has 148 valence electrons. The second-order valence-corrected chi connectivity index (χ2v) is 8.41. The highest BCUT2D eigenvalue weighted by atomic mass is 35.5. The van der Waals surface area contributed by atoms with Gasteiger partial charge in [0.2, 0.25) is 5.91 Å². The fourth-order valence-electron chi connectivity index (χ4n) is 2.58. The second kappa shape index (κ2) is 8.78. The highest BCUT2D eigenvalue weighted by Crippen LogP contribution is 2.33. The molecule has 10 heteroatoms. The summed E-state index contributed by atoms with van der Waals surface area (Å²) >= 11 is 19.3. The Morgan fingerprint density at radius 3 is 2.57 bits per heavy atom. The van der Waals surface area contributed by atoms with Crippen molar-refractivity contribution in [3.05, 3.63) is 45.3 Å². The molecule has 28 heavy (non-hydrogen) atoms. The maximum atomic E-state index is 12.4. The first-order chi connectivity index (χ1) is 13.3. The van der Waals surface area contributed by atoms with E-state index in [-0.39, 0.29) is 17.7 Å². The standard InChI is InChI=1S/C18H17Cl3N4O2S/c1-9(2)25-17(11-4-5-27-10(11)3)23-24-18(25)28-8-16(26)22-15-7-13(20)12(19)6-14(15)21/h4-7,9H,8H2,1-3H3,(H,22,26). The number of halogens is 3. The van der Waals surface area contributed by atoms with E-state index >= 15 is 0 Å². The van der Waals surface area contributed by atoms with Crippen LogP contribution in [0.15, 0.2) is 34.0 Å². The largest absolute Gasteiger partial charge is 0.469 e. The molecular weight excluding hydrogens is 443 g/mol. The predicted molar refractivity (Wildman–Crippen MR) is 114 cm³/mol. The summed E-state index contributed by atoms with van der Waals surface area (Å²) in [5.41, 5.74) is 1.28. The number of hydrogen-bond donors (Lipinski definition) is 1. The molecule has 0 fully saturated rings. The number of nitrogens with one attached hydrogen (secondary N) is 1. The summed E-state index contributed by atoms with van der Waals surface area (Å²) < 4.78 is 7.35. The van der Waals surface area contributed by atoms with Gasteiger partial charge in [-0.25, -0.2) is 0 Å². The van der Waals surface area contributed by atoms with Crippen LogP contribution in [0, 0.1) is 6.92 Å². The summed E-state index contributed by atoms with van der Waals surface area (Å²) in [7, 11) is 0. The number of nitrogens with zero attached hydrogens (tertiary/aromatic N) is 3. The van der Waals surface area contributed by atoms with E-state index in [1.807, 2.05) is 31.4 Å². The Morgan fingerprint density at radius 2 is 1.93 bits per heavy atom. The molecule has 2 aromatic heterocycles. The van der Waals surface area contributed by atoms with E-state index in [1.165, 1.54) is 23.9 Å². The second-order valence-electron chi connectivity index (χ2n) is 6.24. The summed E-state index contributed by atoms with van der Waals surface area (Å²) in [5, 5.41) is 12.9. The third-order valence-electron chi connectivity index (χ3n) is 3.90. The van der Waals surface area contributed by atoms with Gasteiger partial charge in [0.25, 0.3) is 0 Å². The molecule has 0 aliphatic heterocycles. The van der Waals surface area contributed by atoms with Crippen LogP contribution in [0.2, 0.25) is 15.1 Å². The van der Waals surface area contributed by atoms with Gasteiger partial charge in [0.15, 0.2) is 11.0 Å². The van der Waals surface area contributed by atoms with Crippen molar-refractivity contribution in [1.29, 1.82) is 0 Å². The summed E-state index contributed by atoms with van der Waals surface area (Å²) in [4.78, 5) is 12.4. The molecule has 3 rings (SSSR count). The predicted octanol–water partition coefficient (Wildman–Crippen LogP) is 6.12. The number of benzene rings is 1. The van der Waals surface area contributed by atoms with E-state index in [4.69, 9.17) is 39.2 Å². The molecule has 0 saturated carbocycles. The minimum atomic E-state index is -0.246. The number of aryl methyl sites for hydroxylation is 1. The van der Waals surface area contributed by atoms with Crippen molar-refractivity contribution in [2.75, 3.05) is 11.1 Å². The average molecular weight is 460 g/mol. The molecule has 0 unspecified atom stereocenters. The molecule has 0 aliphatic rings. The minimum absolute atomic E-state index is 0.106. The van der Waals surface area contributed by atoms with Crippen LogP contribution in [0.3, 0.4) is 0 Å². The SMILES string of the molecule is Cc1occc1-c1nnc(SCC(=O)Nc2cc(Cl)c(Cl)cc2Cl)n1C(C)C. The number of rotatable bonds is 6. The van der Waals surface area contributed by atoms with Crippen LogP contribution in [0.25, 0.3) is 11.4 Å². The number of furan rings is 1. The molecule has 0 radical (unpaired) electrons. The lowest BCUT2D eigenvalue weighted by molar-refractivity contribution is -0.113. The molecular formula is C18H17Cl3N4O2S. The molecule has 1 aromatic carbocycles. The zero-order valence-corrected chi connectivity index (χ0v) is 18.4. The molecule has 1 amide bonds. The third-order valence-corrected chi connectivity index (χ3v) is 5.88. The summed E-state index contributed by atoms with van der Waals surface area (Å²) in [6.45, 7) is 5.93. The van der Waals surface area contributed by atoms with Crippen molar-refractivity contribution >= 4 is 58.2 Å². The summed E-state index contributed by atoms with van der Waals surface area (Å²) in [5.74, 6) is 1.35. The maximum Gasteiger partial charge on any atom is 0.234 e. The van der Waals surface area contributed by atoms with Crippen LogP contribution in [0.1, 0.15) is 25.6 Å². The van der Waals surface area contributed by atoms with Gasteiger partial charge >= 0.3 is 0 Å². The molecule has 0 saturated heterocycles. The molecule has 0 spiro atoms. The van der Waals surface area contributed by atoms with Crippen LogP contribution in [-0.2, 0) is 4.79 Å². The topological polar surface area (TPSA) is 72.9 Å². The Balaban J connectivity index is 1.74. The number of anilines is 1. The summed E-state index contributed by atoms with van der Waals surface area (Å²) in [6.07, 6.45) is 1.62. The number of amides is 1. The molecule has 0 aliphatic carbocycles. The highest BCUT2D eigenvalue weighted by Gasteiger charge is 2.20. The van der Waals surface area contributed by atoms with Crippen LogP contribution in [-0.4, -0.2) is 26.4 Å². The van der Waals surface area contributed by atoms with Gasteiger partial charge in [0.1, 0.15) is 5.76 Å².